The standard InChI is InChI=1S/C4H10FNS/c1-4-3-7(4,5)6-2/h4,6H,3H2,1-2H3. The minimum atomic E-state index is -1.74. The van der Waals surface area contributed by atoms with Gasteiger partial charge < -0.3 is 0 Å². The van der Waals surface area contributed by atoms with E-state index in [1.165, 1.54) is 0 Å². The van der Waals surface area contributed by atoms with Crippen molar-refractivity contribution in [2.24, 2.45) is 0 Å². The lowest BCUT2D eigenvalue weighted by Crippen LogP contribution is -1.98. The van der Waals surface area contributed by atoms with Gasteiger partial charge in [-0.1, -0.05) is 6.92 Å². The Morgan fingerprint density at radius 3 is 2.29 bits per heavy atom. The van der Waals surface area contributed by atoms with E-state index in [0.717, 1.165) is 5.75 Å². The van der Waals surface area contributed by atoms with Crippen molar-refractivity contribution in [1.29, 1.82) is 0 Å². The maximum absolute atomic E-state index is 12.6. The van der Waals surface area contributed by atoms with Crippen molar-refractivity contribution < 1.29 is 3.89 Å². The predicted molar refractivity (Wildman–Crippen MR) is 32.1 cm³/mol. The molecule has 3 heteroatoms. The van der Waals surface area contributed by atoms with Gasteiger partial charge in [0.25, 0.3) is 0 Å². The summed E-state index contributed by atoms with van der Waals surface area (Å²) in [4.78, 5) is 0. The normalized spacial score (nSPS) is 58.4. The number of hydrogen-bond donors (Lipinski definition) is 1. The molecule has 1 saturated heterocycles. The highest BCUT2D eigenvalue weighted by molar-refractivity contribution is 8.34. The summed E-state index contributed by atoms with van der Waals surface area (Å²) < 4.78 is 15.3. The van der Waals surface area contributed by atoms with Crippen LogP contribution in [-0.4, -0.2) is 18.1 Å². The van der Waals surface area contributed by atoms with Crippen LogP contribution in [0.5, 0.6) is 0 Å². The van der Waals surface area contributed by atoms with E-state index in [1.807, 2.05) is 6.92 Å². The van der Waals surface area contributed by atoms with Crippen LogP contribution in [0.25, 0.3) is 0 Å². The van der Waals surface area contributed by atoms with Crippen molar-refractivity contribution in [2.45, 2.75) is 12.2 Å². The molecule has 1 aliphatic heterocycles. The molecule has 1 heterocycles. The Bertz CT molecular complexity index is 83.8. The van der Waals surface area contributed by atoms with Gasteiger partial charge in [-0.2, -0.15) is 3.89 Å². The summed E-state index contributed by atoms with van der Waals surface area (Å²) in [7, 11) is -0.0475. The third kappa shape index (κ3) is 0.749. The summed E-state index contributed by atoms with van der Waals surface area (Å²) in [6, 6.07) is 0. The van der Waals surface area contributed by atoms with Gasteiger partial charge in [-0.25, -0.2) is 0 Å². The van der Waals surface area contributed by atoms with E-state index >= 15 is 0 Å². The van der Waals surface area contributed by atoms with Gasteiger partial charge >= 0.3 is 0 Å². The topological polar surface area (TPSA) is 12.0 Å². The van der Waals surface area contributed by atoms with E-state index in [0.29, 0.717) is 5.25 Å². The van der Waals surface area contributed by atoms with Gasteiger partial charge in [0.1, 0.15) is 0 Å². The molecule has 1 N–H and O–H groups in total. The zero-order valence-electron chi connectivity index (χ0n) is 4.57. The Hall–Kier alpha value is 0.240. The molecule has 1 nitrogen and oxygen atoms in total. The summed E-state index contributed by atoms with van der Waals surface area (Å²) in [6.45, 7) is 1.94. The number of nitrogens with one attached hydrogen (secondary N) is 1. The van der Waals surface area contributed by atoms with Crippen LogP contribution in [-0.2, 0) is 0 Å². The quantitative estimate of drug-likeness (QED) is 0.517. The van der Waals surface area contributed by atoms with Gasteiger partial charge in [-0.3, -0.25) is 4.72 Å². The van der Waals surface area contributed by atoms with Crippen LogP contribution in [0.2, 0.25) is 0 Å². The van der Waals surface area contributed by atoms with E-state index in [1.54, 1.807) is 7.05 Å². The lowest BCUT2D eigenvalue weighted by molar-refractivity contribution is 0.887. The molecular weight excluding hydrogens is 113 g/mol. The molecule has 0 aromatic rings. The molecule has 0 radical (unpaired) electrons. The van der Waals surface area contributed by atoms with Crippen molar-refractivity contribution in [2.75, 3.05) is 12.8 Å². The molecule has 1 rings (SSSR count). The second kappa shape index (κ2) is 1.36. The molecule has 0 spiro atoms. The molecule has 0 saturated carbocycles. The fraction of sp³-hybridized carbons (Fsp3) is 1.00. The highest BCUT2D eigenvalue weighted by Crippen LogP contribution is 2.65. The summed E-state index contributed by atoms with van der Waals surface area (Å²) in [5.41, 5.74) is 0. The summed E-state index contributed by atoms with van der Waals surface area (Å²) in [5, 5.41) is 0.317. The number of hydrogen-bond acceptors (Lipinski definition) is 1. The van der Waals surface area contributed by atoms with Crippen LogP contribution >= 0.6 is 10.6 Å². The van der Waals surface area contributed by atoms with E-state index < -0.39 is 10.6 Å². The minimum absolute atomic E-state index is 0.317. The van der Waals surface area contributed by atoms with Crippen LogP contribution in [0.4, 0.5) is 3.89 Å². The Labute approximate surface area is 45.0 Å². The molecule has 0 bridgehead atoms. The molecule has 7 heavy (non-hydrogen) atoms. The monoisotopic (exact) mass is 123 g/mol. The highest BCUT2D eigenvalue weighted by Gasteiger charge is 2.45. The fourth-order valence-corrected chi connectivity index (χ4v) is 2.12. The van der Waals surface area contributed by atoms with Crippen LogP contribution in [0.15, 0.2) is 0 Å². The first-order valence-electron chi connectivity index (χ1n) is 2.37. The average molecular weight is 123 g/mol. The van der Waals surface area contributed by atoms with Crippen LogP contribution in [0, 0.1) is 0 Å². The third-order valence-electron chi connectivity index (χ3n) is 1.34. The average Bonchev–Trinajstić information content (AvgIpc) is 2.18. The van der Waals surface area contributed by atoms with Gasteiger partial charge in [0.05, 0.1) is 0 Å². The first-order chi connectivity index (χ1) is 3.19. The number of rotatable bonds is 1. The molecule has 0 aromatic carbocycles. The van der Waals surface area contributed by atoms with Crippen LogP contribution in [0.1, 0.15) is 6.92 Å². The maximum Gasteiger partial charge on any atom is 0.0358 e. The van der Waals surface area contributed by atoms with Gasteiger partial charge in [-0.15, -0.1) is 0 Å². The lowest BCUT2D eigenvalue weighted by Gasteiger charge is -2.05. The van der Waals surface area contributed by atoms with Gasteiger partial charge in [0, 0.05) is 11.0 Å². The number of halogens is 1. The molecule has 0 aromatic heterocycles. The zero-order chi connectivity index (χ0) is 5.49. The molecule has 0 amide bonds. The lowest BCUT2D eigenvalue weighted by atomic mass is 10.6. The van der Waals surface area contributed by atoms with Crippen molar-refractivity contribution in [1.82, 2.24) is 4.72 Å². The third-order valence-corrected chi connectivity index (χ3v) is 4.02. The summed E-state index contributed by atoms with van der Waals surface area (Å²) in [5.74, 6) is 0.767. The van der Waals surface area contributed by atoms with E-state index in [4.69, 9.17) is 0 Å². The second-order valence-corrected chi connectivity index (χ2v) is 4.84. The smallest absolute Gasteiger partial charge is 0.0358 e. The zero-order valence-corrected chi connectivity index (χ0v) is 5.39. The Morgan fingerprint density at radius 1 is 1.86 bits per heavy atom. The first kappa shape index (κ1) is 5.38. The maximum atomic E-state index is 12.6. The Balaban J connectivity index is 2.36. The van der Waals surface area contributed by atoms with Crippen molar-refractivity contribution in [3.05, 3.63) is 0 Å². The minimum Gasteiger partial charge on any atom is -0.260 e. The van der Waals surface area contributed by atoms with Gasteiger partial charge in [0.2, 0.25) is 0 Å². The van der Waals surface area contributed by atoms with E-state index in [9.17, 15) is 3.89 Å². The largest absolute Gasteiger partial charge is 0.260 e. The van der Waals surface area contributed by atoms with E-state index in [-0.39, 0.29) is 0 Å². The Kier molecular flexibility index (Phi) is 1.04. The Morgan fingerprint density at radius 2 is 2.29 bits per heavy atom. The summed E-state index contributed by atoms with van der Waals surface area (Å²) in [6.07, 6.45) is 0. The summed E-state index contributed by atoms with van der Waals surface area (Å²) >= 11 is 0. The first-order valence-corrected chi connectivity index (χ1v) is 4.13. The molecule has 1 fully saturated rings. The van der Waals surface area contributed by atoms with Crippen molar-refractivity contribution >= 4 is 10.6 Å². The van der Waals surface area contributed by atoms with Gasteiger partial charge in [0.15, 0.2) is 0 Å². The SMILES string of the molecule is CNS1(F)CC1C. The molecule has 2 atom stereocenters. The molecule has 2 unspecified atom stereocenters. The van der Waals surface area contributed by atoms with Crippen LogP contribution in [0.3, 0.4) is 0 Å². The predicted octanol–water partition coefficient (Wildman–Crippen LogP) is 1.21. The molecule has 0 aliphatic carbocycles. The molecule has 1 aliphatic rings. The van der Waals surface area contributed by atoms with Crippen LogP contribution < -0.4 is 4.72 Å². The molecule has 44 valence electrons. The fourth-order valence-electron chi connectivity index (χ4n) is 0.587. The van der Waals surface area contributed by atoms with Crippen molar-refractivity contribution in [3.63, 3.8) is 0 Å². The second-order valence-electron chi connectivity index (χ2n) is 1.89. The van der Waals surface area contributed by atoms with Gasteiger partial charge in [-0.05, 0) is 17.6 Å². The molecular formula is C4H10FNS. The van der Waals surface area contributed by atoms with E-state index in [2.05, 4.69) is 4.72 Å². The highest BCUT2D eigenvalue weighted by atomic mass is 32.3. The van der Waals surface area contributed by atoms with Crippen molar-refractivity contribution in [3.8, 4) is 0 Å².